The molecule has 0 bridgehead atoms. The van der Waals surface area contributed by atoms with Crippen LogP contribution in [-0.4, -0.2) is 45.5 Å². The van der Waals surface area contributed by atoms with Gasteiger partial charge in [-0.1, -0.05) is 11.8 Å². The number of thioether (sulfide) groups is 1. The standard InChI is InChI=1S/C18H18FN5O2S/c1-3-23(14-6-4-13(19)5-7-14)17(25)12-27-18-20-21-22-24(18)15-8-10-16(26-2)11-9-15/h4-11H,3,12H2,1-2H3. The van der Waals surface area contributed by atoms with Gasteiger partial charge < -0.3 is 9.64 Å². The van der Waals surface area contributed by atoms with E-state index in [0.717, 1.165) is 11.4 Å². The fourth-order valence-electron chi connectivity index (χ4n) is 2.48. The number of amides is 1. The molecule has 0 aliphatic heterocycles. The number of aromatic nitrogens is 4. The summed E-state index contributed by atoms with van der Waals surface area (Å²) in [5, 5.41) is 12.2. The molecule has 2 aromatic carbocycles. The van der Waals surface area contributed by atoms with Crippen LogP contribution in [0.3, 0.4) is 0 Å². The number of nitrogens with zero attached hydrogens (tertiary/aromatic N) is 5. The predicted molar refractivity (Wildman–Crippen MR) is 101 cm³/mol. The molecular formula is C18H18FN5O2S. The van der Waals surface area contributed by atoms with Gasteiger partial charge in [-0.15, -0.1) is 5.10 Å². The molecule has 3 rings (SSSR count). The van der Waals surface area contributed by atoms with Crippen molar-refractivity contribution in [2.24, 2.45) is 0 Å². The molecule has 0 atom stereocenters. The molecule has 0 fully saturated rings. The van der Waals surface area contributed by atoms with Gasteiger partial charge in [0.05, 0.1) is 18.6 Å². The molecule has 0 radical (unpaired) electrons. The summed E-state index contributed by atoms with van der Waals surface area (Å²) in [4.78, 5) is 14.2. The number of anilines is 1. The third-order valence-corrected chi connectivity index (χ3v) is 4.74. The van der Waals surface area contributed by atoms with E-state index in [1.165, 1.54) is 23.9 Å². The van der Waals surface area contributed by atoms with Crippen molar-refractivity contribution < 1.29 is 13.9 Å². The fourth-order valence-corrected chi connectivity index (χ4v) is 3.25. The Morgan fingerprint density at radius 1 is 1.19 bits per heavy atom. The van der Waals surface area contributed by atoms with Crippen LogP contribution in [0.2, 0.25) is 0 Å². The first-order chi connectivity index (χ1) is 13.1. The van der Waals surface area contributed by atoms with Gasteiger partial charge in [0, 0.05) is 12.2 Å². The van der Waals surface area contributed by atoms with E-state index in [-0.39, 0.29) is 17.5 Å². The SMILES string of the molecule is CCN(C(=O)CSc1nnnn1-c1ccc(OC)cc1)c1ccc(F)cc1. The van der Waals surface area contributed by atoms with Crippen LogP contribution < -0.4 is 9.64 Å². The zero-order valence-corrected chi connectivity index (χ0v) is 15.7. The molecule has 27 heavy (non-hydrogen) atoms. The van der Waals surface area contributed by atoms with Crippen LogP contribution >= 0.6 is 11.8 Å². The number of hydrogen-bond acceptors (Lipinski definition) is 6. The number of hydrogen-bond donors (Lipinski definition) is 0. The summed E-state index contributed by atoms with van der Waals surface area (Å²) < 4.78 is 19.8. The van der Waals surface area contributed by atoms with Gasteiger partial charge in [-0.3, -0.25) is 4.79 Å². The number of methoxy groups -OCH3 is 1. The Bertz CT molecular complexity index is 899. The lowest BCUT2D eigenvalue weighted by Crippen LogP contribution is -2.32. The Labute approximate surface area is 160 Å². The van der Waals surface area contributed by atoms with E-state index < -0.39 is 0 Å². The van der Waals surface area contributed by atoms with Gasteiger partial charge in [0.25, 0.3) is 0 Å². The number of carbonyl (C=O) groups is 1. The average molecular weight is 387 g/mol. The third-order valence-electron chi connectivity index (χ3n) is 3.84. The highest BCUT2D eigenvalue weighted by atomic mass is 32.2. The zero-order chi connectivity index (χ0) is 19.2. The van der Waals surface area contributed by atoms with E-state index in [1.807, 2.05) is 31.2 Å². The van der Waals surface area contributed by atoms with Crippen molar-refractivity contribution in [2.75, 3.05) is 24.3 Å². The van der Waals surface area contributed by atoms with Crippen LogP contribution in [0.25, 0.3) is 5.69 Å². The lowest BCUT2D eigenvalue weighted by atomic mass is 10.3. The second kappa shape index (κ2) is 8.63. The smallest absolute Gasteiger partial charge is 0.237 e. The molecule has 7 nitrogen and oxygen atoms in total. The zero-order valence-electron chi connectivity index (χ0n) is 14.9. The summed E-state index contributed by atoms with van der Waals surface area (Å²) >= 11 is 1.24. The minimum Gasteiger partial charge on any atom is -0.497 e. The molecule has 3 aromatic rings. The Hall–Kier alpha value is -2.94. The molecule has 0 N–H and O–H groups in total. The first kappa shape index (κ1) is 18.8. The Balaban J connectivity index is 1.70. The summed E-state index contributed by atoms with van der Waals surface area (Å²) in [6, 6.07) is 13.1. The molecule has 9 heteroatoms. The fraction of sp³-hybridized carbons (Fsp3) is 0.222. The second-order valence-corrected chi connectivity index (χ2v) is 6.42. The van der Waals surface area contributed by atoms with Crippen LogP contribution in [-0.2, 0) is 4.79 Å². The van der Waals surface area contributed by atoms with Crippen molar-refractivity contribution in [1.82, 2.24) is 20.2 Å². The topological polar surface area (TPSA) is 73.1 Å². The number of benzene rings is 2. The largest absolute Gasteiger partial charge is 0.497 e. The highest BCUT2D eigenvalue weighted by Crippen LogP contribution is 2.22. The van der Waals surface area contributed by atoms with Crippen molar-refractivity contribution in [3.63, 3.8) is 0 Å². The van der Waals surface area contributed by atoms with Gasteiger partial charge in [0.15, 0.2) is 0 Å². The maximum Gasteiger partial charge on any atom is 0.237 e. The molecule has 1 amide bonds. The van der Waals surface area contributed by atoms with Crippen molar-refractivity contribution in [1.29, 1.82) is 0 Å². The maximum absolute atomic E-state index is 13.1. The Morgan fingerprint density at radius 2 is 1.89 bits per heavy atom. The van der Waals surface area contributed by atoms with Gasteiger partial charge in [-0.25, -0.2) is 4.39 Å². The second-order valence-electron chi connectivity index (χ2n) is 5.47. The van der Waals surface area contributed by atoms with Crippen molar-refractivity contribution in [3.05, 3.63) is 54.3 Å². The maximum atomic E-state index is 13.1. The van der Waals surface area contributed by atoms with E-state index in [2.05, 4.69) is 15.5 Å². The quantitative estimate of drug-likeness (QED) is 0.581. The van der Waals surface area contributed by atoms with E-state index >= 15 is 0 Å². The molecule has 0 unspecified atom stereocenters. The summed E-state index contributed by atoms with van der Waals surface area (Å²) in [5.41, 5.74) is 1.42. The van der Waals surface area contributed by atoms with Gasteiger partial charge in [0.2, 0.25) is 11.1 Å². The van der Waals surface area contributed by atoms with Crippen LogP contribution in [0.4, 0.5) is 10.1 Å². The van der Waals surface area contributed by atoms with E-state index in [4.69, 9.17) is 4.74 Å². The highest BCUT2D eigenvalue weighted by molar-refractivity contribution is 7.99. The normalized spacial score (nSPS) is 10.6. The van der Waals surface area contributed by atoms with Gasteiger partial charge in [-0.05, 0) is 65.9 Å². The highest BCUT2D eigenvalue weighted by Gasteiger charge is 2.17. The summed E-state index contributed by atoms with van der Waals surface area (Å²) in [6.07, 6.45) is 0. The molecule has 1 aromatic heterocycles. The number of carbonyl (C=O) groups excluding carboxylic acids is 1. The van der Waals surface area contributed by atoms with E-state index in [0.29, 0.717) is 17.4 Å². The molecule has 0 aliphatic rings. The van der Waals surface area contributed by atoms with Crippen LogP contribution in [0.15, 0.2) is 53.7 Å². The first-order valence-corrected chi connectivity index (χ1v) is 9.22. The summed E-state index contributed by atoms with van der Waals surface area (Å²) in [6.45, 7) is 2.35. The number of rotatable bonds is 7. The number of tetrazole rings is 1. The van der Waals surface area contributed by atoms with Crippen molar-refractivity contribution >= 4 is 23.4 Å². The van der Waals surface area contributed by atoms with E-state index in [9.17, 15) is 9.18 Å². The van der Waals surface area contributed by atoms with Crippen LogP contribution in [0, 0.1) is 5.82 Å². The molecule has 140 valence electrons. The predicted octanol–water partition coefficient (Wildman–Crippen LogP) is 2.96. The molecule has 0 spiro atoms. The number of ether oxygens (including phenoxy) is 1. The molecule has 1 heterocycles. The van der Waals surface area contributed by atoms with Crippen molar-refractivity contribution in [3.8, 4) is 11.4 Å². The molecule has 0 saturated carbocycles. The Morgan fingerprint density at radius 3 is 2.52 bits per heavy atom. The van der Waals surface area contributed by atoms with Gasteiger partial charge in [0.1, 0.15) is 11.6 Å². The lowest BCUT2D eigenvalue weighted by molar-refractivity contribution is -0.116. The summed E-state index contributed by atoms with van der Waals surface area (Å²) in [5.74, 6) is 0.435. The first-order valence-electron chi connectivity index (χ1n) is 8.24. The number of halogens is 1. The van der Waals surface area contributed by atoms with Gasteiger partial charge >= 0.3 is 0 Å². The summed E-state index contributed by atoms with van der Waals surface area (Å²) in [7, 11) is 1.60. The third kappa shape index (κ3) is 4.43. The molecule has 0 aliphatic carbocycles. The Kier molecular flexibility index (Phi) is 6.02. The van der Waals surface area contributed by atoms with Crippen molar-refractivity contribution in [2.45, 2.75) is 12.1 Å². The average Bonchev–Trinajstić information content (AvgIpc) is 3.17. The van der Waals surface area contributed by atoms with E-state index in [1.54, 1.807) is 28.8 Å². The van der Waals surface area contributed by atoms with Crippen LogP contribution in [0.1, 0.15) is 6.92 Å². The molecule has 0 saturated heterocycles. The van der Waals surface area contributed by atoms with Crippen LogP contribution in [0.5, 0.6) is 5.75 Å². The minimum atomic E-state index is -0.338. The monoisotopic (exact) mass is 387 g/mol. The molecular weight excluding hydrogens is 369 g/mol. The van der Waals surface area contributed by atoms with Gasteiger partial charge in [-0.2, -0.15) is 4.68 Å². The minimum absolute atomic E-state index is 0.113. The lowest BCUT2D eigenvalue weighted by Gasteiger charge is -2.20.